The van der Waals surface area contributed by atoms with E-state index in [1.807, 2.05) is 0 Å². The number of nitrogens with zero attached hydrogens (tertiary/aromatic N) is 2. The average Bonchev–Trinajstić information content (AvgIpc) is 2.66. The lowest BCUT2D eigenvalue weighted by Gasteiger charge is -2.35. The largest absolute Gasteiger partial charge is 0.339 e. The number of carbonyl (C=O) groups is 2. The van der Waals surface area contributed by atoms with Crippen LogP contribution in [-0.4, -0.2) is 47.8 Å². The first-order chi connectivity index (χ1) is 13.0. The topological polar surface area (TPSA) is 40.6 Å². The molecule has 142 valence electrons. The van der Waals surface area contributed by atoms with Crippen molar-refractivity contribution in [3.63, 3.8) is 0 Å². The summed E-state index contributed by atoms with van der Waals surface area (Å²) in [6, 6.07) is 10.3. The normalized spacial score (nSPS) is 14.3. The standard InChI is InChI=1S/C20H19ClF2N2O2/c21-16-5-2-6-17(23)19(16)20(27)25-11-9-24(10-12-25)18(26)8-7-14-3-1-4-15(22)13-14/h1-6,13H,7-12H2. The van der Waals surface area contributed by atoms with Gasteiger partial charge < -0.3 is 9.80 Å². The highest BCUT2D eigenvalue weighted by Crippen LogP contribution is 2.21. The number of carbonyl (C=O) groups excluding carboxylic acids is 2. The molecule has 3 rings (SSSR count). The number of amides is 2. The van der Waals surface area contributed by atoms with Crippen molar-refractivity contribution < 1.29 is 18.4 Å². The molecule has 0 unspecified atom stereocenters. The number of rotatable bonds is 4. The molecule has 2 aromatic carbocycles. The van der Waals surface area contributed by atoms with E-state index in [0.29, 0.717) is 32.6 Å². The SMILES string of the molecule is O=C(CCc1cccc(F)c1)N1CCN(C(=O)c2c(F)cccc2Cl)CC1. The Morgan fingerprint density at radius 1 is 0.963 bits per heavy atom. The molecule has 0 radical (unpaired) electrons. The molecule has 1 aliphatic heterocycles. The van der Waals surface area contributed by atoms with Crippen LogP contribution in [0.15, 0.2) is 42.5 Å². The van der Waals surface area contributed by atoms with E-state index in [0.717, 1.165) is 5.56 Å². The van der Waals surface area contributed by atoms with Gasteiger partial charge in [0, 0.05) is 32.6 Å². The summed E-state index contributed by atoms with van der Waals surface area (Å²) in [5, 5.41) is 0.0774. The van der Waals surface area contributed by atoms with Crippen LogP contribution in [0.3, 0.4) is 0 Å². The molecule has 0 saturated carbocycles. The van der Waals surface area contributed by atoms with Gasteiger partial charge in [-0.05, 0) is 36.2 Å². The van der Waals surface area contributed by atoms with E-state index >= 15 is 0 Å². The molecule has 1 saturated heterocycles. The van der Waals surface area contributed by atoms with E-state index in [1.165, 1.54) is 35.2 Å². The lowest BCUT2D eigenvalue weighted by molar-refractivity contribution is -0.132. The van der Waals surface area contributed by atoms with Crippen molar-refractivity contribution in [2.75, 3.05) is 26.2 Å². The molecule has 0 bridgehead atoms. The lowest BCUT2D eigenvalue weighted by Crippen LogP contribution is -2.50. The highest BCUT2D eigenvalue weighted by molar-refractivity contribution is 6.33. The Morgan fingerprint density at radius 3 is 2.30 bits per heavy atom. The molecule has 27 heavy (non-hydrogen) atoms. The maximum atomic E-state index is 13.9. The van der Waals surface area contributed by atoms with Crippen LogP contribution in [0, 0.1) is 11.6 Å². The van der Waals surface area contributed by atoms with Gasteiger partial charge in [0.25, 0.3) is 5.91 Å². The molecular formula is C20H19ClF2N2O2. The van der Waals surface area contributed by atoms with Crippen LogP contribution in [0.5, 0.6) is 0 Å². The zero-order chi connectivity index (χ0) is 19.4. The Kier molecular flexibility index (Phi) is 6.06. The Hall–Kier alpha value is -2.47. The van der Waals surface area contributed by atoms with Crippen LogP contribution in [0.1, 0.15) is 22.3 Å². The van der Waals surface area contributed by atoms with E-state index in [1.54, 1.807) is 17.0 Å². The van der Waals surface area contributed by atoms with Crippen molar-refractivity contribution in [3.05, 3.63) is 70.2 Å². The second-order valence-electron chi connectivity index (χ2n) is 6.40. The summed E-state index contributed by atoms with van der Waals surface area (Å²) in [6.07, 6.45) is 0.733. The third kappa shape index (κ3) is 4.63. The molecule has 0 aliphatic carbocycles. The lowest BCUT2D eigenvalue weighted by atomic mass is 10.1. The van der Waals surface area contributed by atoms with Gasteiger partial charge in [-0.3, -0.25) is 9.59 Å². The van der Waals surface area contributed by atoms with Gasteiger partial charge in [-0.15, -0.1) is 0 Å². The summed E-state index contributed by atoms with van der Waals surface area (Å²) in [6.45, 7) is 1.38. The van der Waals surface area contributed by atoms with E-state index in [-0.39, 0.29) is 28.7 Å². The van der Waals surface area contributed by atoms with Gasteiger partial charge >= 0.3 is 0 Å². The van der Waals surface area contributed by atoms with E-state index in [4.69, 9.17) is 11.6 Å². The van der Waals surface area contributed by atoms with E-state index in [9.17, 15) is 18.4 Å². The van der Waals surface area contributed by atoms with Crippen LogP contribution in [0.25, 0.3) is 0 Å². The van der Waals surface area contributed by atoms with E-state index in [2.05, 4.69) is 0 Å². The van der Waals surface area contributed by atoms with Gasteiger partial charge in [-0.1, -0.05) is 29.8 Å². The van der Waals surface area contributed by atoms with Crippen molar-refractivity contribution in [2.24, 2.45) is 0 Å². The average molecular weight is 393 g/mol. The number of piperazine rings is 1. The molecular weight excluding hydrogens is 374 g/mol. The van der Waals surface area contributed by atoms with Crippen LogP contribution in [0.4, 0.5) is 8.78 Å². The predicted molar refractivity (Wildman–Crippen MR) is 98.6 cm³/mol. The minimum Gasteiger partial charge on any atom is -0.339 e. The fourth-order valence-electron chi connectivity index (χ4n) is 3.12. The quantitative estimate of drug-likeness (QED) is 0.798. The van der Waals surface area contributed by atoms with E-state index < -0.39 is 11.7 Å². The van der Waals surface area contributed by atoms with Crippen LogP contribution >= 0.6 is 11.6 Å². The fraction of sp³-hybridized carbons (Fsp3) is 0.300. The maximum Gasteiger partial charge on any atom is 0.258 e. The highest BCUT2D eigenvalue weighted by atomic mass is 35.5. The molecule has 0 N–H and O–H groups in total. The monoisotopic (exact) mass is 392 g/mol. The molecule has 1 aliphatic rings. The number of aryl methyl sites for hydroxylation is 1. The molecule has 1 fully saturated rings. The van der Waals surface area contributed by atoms with Gasteiger partial charge in [-0.2, -0.15) is 0 Å². The number of hydrogen-bond acceptors (Lipinski definition) is 2. The van der Waals surface area contributed by atoms with Gasteiger partial charge in [0.15, 0.2) is 0 Å². The Morgan fingerprint density at radius 2 is 1.63 bits per heavy atom. The van der Waals surface area contributed by atoms with Crippen molar-refractivity contribution >= 4 is 23.4 Å². The predicted octanol–water partition coefficient (Wildman–Crippen LogP) is 3.54. The first kappa shape index (κ1) is 19.3. The summed E-state index contributed by atoms with van der Waals surface area (Å²) in [4.78, 5) is 28.1. The first-order valence-corrected chi connectivity index (χ1v) is 9.09. The third-order valence-electron chi connectivity index (χ3n) is 4.61. The Balaban J connectivity index is 1.54. The summed E-state index contributed by atoms with van der Waals surface area (Å²) in [5.74, 6) is -1.49. The summed E-state index contributed by atoms with van der Waals surface area (Å²) in [7, 11) is 0. The van der Waals surface area contributed by atoms with Gasteiger partial charge in [0.05, 0.1) is 10.6 Å². The minimum atomic E-state index is -0.652. The number of hydrogen-bond donors (Lipinski definition) is 0. The van der Waals surface area contributed by atoms with Crippen molar-refractivity contribution in [1.29, 1.82) is 0 Å². The fourth-order valence-corrected chi connectivity index (χ4v) is 3.36. The maximum absolute atomic E-state index is 13.9. The highest BCUT2D eigenvalue weighted by Gasteiger charge is 2.27. The van der Waals surface area contributed by atoms with Crippen LogP contribution in [0.2, 0.25) is 5.02 Å². The van der Waals surface area contributed by atoms with Gasteiger partial charge in [-0.25, -0.2) is 8.78 Å². The van der Waals surface area contributed by atoms with Crippen LogP contribution < -0.4 is 0 Å². The molecule has 0 aromatic heterocycles. The molecule has 4 nitrogen and oxygen atoms in total. The molecule has 1 heterocycles. The Labute approximate surface area is 161 Å². The second-order valence-corrected chi connectivity index (χ2v) is 6.81. The van der Waals surface area contributed by atoms with Gasteiger partial charge in [0.2, 0.25) is 5.91 Å². The number of halogens is 3. The van der Waals surface area contributed by atoms with Crippen molar-refractivity contribution in [3.8, 4) is 0 Å². The molecule has 0 spiro atoms. The molecule has 2 aromatic rings. The minimum absolute atomic E-state index is 0.0460. The van der Waals surface area contributed by atoms with Crippen LogP contribution in [-0.2, 0) is 11.2 Å². The van der Waals surface area contributed by atoms with Crippen molar-refractivity contribution in [2.45, 2.75) is 12.8 Å². The summed E-state index contributed by atoms with van der Waals surface area (Å²) < 4.78 is 27.1. The second kappa shape index (κ2) is 8.48. The first-order valence-electron chi connectivity index (χ1n) is 8.71. The Bertz CT molecular complexity index is 831. The third-order valence-corrected chi connectivity index (χ3v) is 4.93. The number of benzene rings is 2. The summed E-state index contributed by atoms with van der Waals surface area (Å²) in [5.41, 5.74) is 0.636. The molecule has 7 heteroatoms. The zero-order valence-corrected chi connectivity index (χ0v) is 15.4. The van der Waals surface area contributed by atoms with Crippen molar-refractivity contribution in [1.82, 2.24) is 9.80 Å². The zero-order valence-electron chi connectivity index (χ0n) is 14.6. The summed E-state index contributed by atoms with van der Waals surface area (Å²) >= 11 is 5.95. The van der Waals surface area contributed by atoms with Gasteiger partial charge in [0.1, 0.15) is 11.6 Å². The molecule has 0 atom stereocenters. The smallest absolute Gasteiger partial charge is 0.258 e. The molecule has 2 amide bonds.